The summed E-state index contributed by atoms with van der Waals surface area (Å²) in [5.74, 6) is 2.44. The van der Waals surface area contributed by atoms with Crippen molar-refractivity contribution in [1.29, 1.82) is 0 Å². The molecular weight excluding hydrogens is 353 g/mol. The fraction of sp³-hybridized carbons (Fsp3) is 0.600. The summed E-state index contributed by atoms with van der Waals surface area (Å²) >= 11 is 2.16. The SMILES string of the molecule is COc1cc(C[NH+]2C[C@H](C)C[C@H](C)C2)cc(I)c1O. The number of hydrogen-bond donors (Lipinski definition) is 2. The first-order valence-electron chi connectivity index (χ1n) is 6.88. The maximum absolute atomic E-state index is 9.87. The molecule has 0 aromatic heterocycles. The van der Waals surface area contributed by atoms with Crippen LogP contribution in [0.3, 0.4) is 0 Å². The van der Waals surface area contributed by atoms with Crippen LogP contribution in [-0.2, 0) is 6.54 Å². The number of aromatic hydroxyl groups is 1. The van der Waals surface area contributed by atoms with Gasteiger partial charge >= 0.3 is 0 Å². The smallest absolute Gasteiger partial charge is 0.171 e. The van der Waals surface area contributed by atoms with E-state index < -0.39 is 0 Å². The minimum Gasteiger partial charge on any atom is -0.504 e. The second-order valence-corrected chi connectivity index (χ2v) is 7.07. The molecule has 106 valence electrons. The molecule has 3 nitrogen and oxygen atoms in total. The molecule has 1 fully saturated rings. The standard InChI is InChI=1S/C15H22INO2/c1-10-4-11(2)8-17(7-10)9-12-5-13(16)15(18)14(6-12)19-3/h5-6,10-11,18H,4,7-9H2,1-3H3/p+1/t10-,11+. The molecule has 0 amide bonds. The second-order valence-electron chi connectivity index (χ2n) is 5.91. The molecule has 1 heterocycles. The number of methoxy groups -OCH3 is 1. The Hall–Kier alpha value is -0.490. The number of benzene rings is 1. The van der Waals surface area contributed by atoms with E-state index in [-0.39, 0.29) is 5.75 Å². The fourth-order valence-corrected chi connectivity index (χ4v) is 3.91. The first-order valence-corrected chi connectivity index (χ1v) is 7.96. The van der Waals surface area contributed by atoms with Gasteiger partial charge in [0.15, 0.2) is 11.5 Å². The van der Waals surface area contributed by atoms with Gasteiger partial charge in [-0.25, -0.2) is 0 Å². The van der Waals surface area contributed by atoms with Crippen LogP contribution in [0.5, 0.6) is 11.5 Å². The zero-order valence-corrected chi connectivity index (χ0v) is 14.0. The third-order valence-corrected chi connectivity index (χ3v) is 4.66. The van der Waals surface area contributed by atoms with Crippen LogP contribution in [0.15, 0.2) is 12.1 Å². The highest BCUT2D eigenvalue weighted by Crippen LogP contribution is 2.32. The molecule has 0 radical (unpaired) electrons. The number of likely N-dealkylation sites (tertiary alicyclic amines) is 1. The lowest BCUT2D eigenvalue weighted by atomic mass is 9.91. The summed E-state index contributed by atoms with van der Waals surface area (Å²) in [6, 6.07) is 4.03. The molecule has 4 heteroatoms. The van der Waals surface area contributed by atoms with Crippen LogP contribution >= 0.6 is 22.6 Å². The van der Waals surface area contributed by atoms with Gasteiger partial charge < -0.3 is 14.7 Å². The van der Waals surface area contributed by atoms with E-state index in [1.807, 2.05) is 6.07 Å². The molecule has 0 spiro atoms. The van der Waals surface area contributed by atoms with Crippen molar-refractivity contribution in [3.8, 4) is 11.5 Å². The van der Waals surface area contributed by atoms with Crippen molar-refractivity contribution in [2.45, 2.75) is 26.8 Å². The molecule has 1 aliphatic heterocycles. The summed E-state index contributed by atoms with van der Waals surface area (Å²) in [7, 11) is 1.60. The van der Waals surface area contributed by atoms with E-state index in [1.165, 1.54) is 25.1 Å². The van der Waals surface area contributed by atoms with Gasteiger partial charge in [0.05, 0.1) is 23.8 Å². The number of halogens is 1. The molecule has 3 atom stereocenters. The molecule has 1 saturated heterocycles. The van der Waals surface area contributed by atoms with E-state index in [2.05, 4.69) is 42.5 Å². The van der Waals surface area contributed by atoms with E-state index in [0.717, 1.165) is 22.0 Å². The number of phenolic OH excluding ortho intramolecular Hbond substituents is 1. The lowest BCUT2D eigenvalue weighted by Crippen LogP contribution is -3.13. The van der Waals surface area contributed by atoms with E-state index in [9.17, 15) is 5.11 Å². The summed E-state index contributed by atoms with van der Waals surface area (Å²) in [6.45, 7) is 8.18. The Bertz CT molecular complexity index is 440. The number of piperidine rings is 1. The molecule has 2 rings (SSSR count). The van der Waals surface area contributed by atoms with Gasteiger partial charge in [-0.05, 0) is 41.1 Å². The van der Waals surface area contributed by atoms with Gasteiger partial charge in [-0.2, -0.15) is 0 Å². The van der Waals surface area contributed by atoms with Crippen LogP contribution in [-0.4, -0.2) is 25.3 Å². The van der Waals surface area contributed by atoms with Crippen LogP contribution in [0.25, 0.3) is 0 Å². The van der Waals surface area contributed by atoms with Crippen LogP contribution in [0.4, 0.5) is 0 Å². The average Bonchev–Trinajstić information content (AvgIpc) is 2.32. The van der Waals surface area contributed by atoms with Crippen LogP contribution in [0.2, 0.25) is 0 Å². The van der Waals surface area contributed by atoms with Gasteiger partial charge in [-0.3, -0.25) is 0 Å². The predicted molar refractivity (Wildman–Crippen MR) is 84.7 cm³/mol. The Balaban J connectivity index is 2.12. The van der Waals surface area contributed by atoms with E-state index in [1.54, 1.807) is 12.0 Å². The minimum atomic E-state index is 0.252. The fourth-order valence-electron chi connectivity index (χ4n) is 3.24. The maximum atomic E-state index is 9.87. The van der Waals surface area contributed by atoms with Gasteiger partial charge in [0, 0.05) is 17.4 Å². The van der Waals surface area contributed by atoms with Crippen molar-refractivity contribution in [3.63, 3.8) is 0 Å². The van der Waals surface area contributed by atoms with Crippen LogP contribution < -0.4 is 9.64 Å². The molecule has 1 unspecified atom stereocenters. The molecular formula is C15H23INO2+. The Morgan fingerprint density at radius 1 is 1.32 bits per heavy atom. The largest absolute Gasteiger partial charge is 0.504 e. The normalized spacial score (nSPS) is 27.3. The molecule has 1 aromatic carbocycles. The van der Waals surface area contributed by atoms with Crippen molar-refractivity contribution in [1.82, 2.24) is 0 Å². The first kappa shape index (κ1) is 14.9. The van der Waals surface area contributed by atoms with E-state index >= 15 is 0 Å². The summed E-state index contributed by atoms with van der Waals surface area (Å²) in [4.78, 5) is 1.63. The summed E-state index contributed by atoms with van der Waals surface area (Å²) in [5, 5.41) is 9.87. The molecule has 0 bridgehead atoms. The second kappa shape index (κ2) is 6.31. The number of quaternary nitrogens is 1. The number of hydrogen-bond acceptors (Lipinski definition) is 2. The van der Waals surface area contributed by atoms with Crippen molar-refractivity contribution in [3.05, 3.63) is 21.3 Å². The van der Waals surface area contributed by atoms with Crippen molar-refractivity contribution >= 4 is 22.6 Å². The van der Waals surface area contributed by atoms with Gasteiger partial charge in [0.25, 0.3) is 0 Å². The highest BCUT2D eigenvalue weighted by Gasteiger charge is 2.25. The Labute approximate surface area is 129 Å². The van der Waals surface area contributed by atoms with E-state index in [4.69, 9.17) is 4.74 Å². The molecule has 1 aromatic rings. The highest BCUT2D eigenvalue weighted by atomic mass is 127. The molecule has 1 aliphatic rings. The van der Waals surface area contributed by atoms with Crippen LogP contribution in [0.1, 0.15) is 25.8 Å². The third-order valence-electron chi connectivity index (χ3n) is 3.84. The average molecular weight is 376 g/mol. The van der Waals surface area contributed by atoms with Crippen molar-refractivity contribution in [2.24, 2.45) is 11.8 Å². The Morgan fingerprint density at radius 3 is 2.53 bits per heavy atom. The first-order chi connectivity index (χ1) is 8.99. The third kappa shape index (κ3) is 3.75. The number of ether oxygens (including phenoxy) is 1. The van der Waals surface area contributed by atoms with E-state index in [0.29, 0.717) is 5.75 Å². The Morgan fingerprint density at radius 2 is 1.95 bits per heavy atom. The number of nitrogens with one attached hydrogen (secondary N) is 1. The zero-order chi connectivity index (χ0) is 14.0. The van der Waals surface area contributed by atoms with Gasteiger partial charge in [-0.15, -0.1) is 0 Å². The topological polar surface area (TPSA) is 33.9 Å². The highest BCUT2D eigenvalue weighted by molar-refractivity contribution is 14.1. The minimum absolute atomic E-state index is 0.252. The van der Waals surface area contributed by atoms with Gasteiger partial charge in [-0.1, -0.05) is 13.8 Å². The predicted octanol–water partition coefficient (Wildman–Crippen LogP) is 2.07. The molecule has 19 heavy (non-hydrogen) atoms. The van der Waals surface area contributed by atoms with Crippen molar-refractivity contribution in [2.75, 3.05) is 20.2 Å². The molecule has 0 saturated carbocycles. The molecule has 2 N–H and O–H groups in total. The lowest BCUT2D eigenvalue weighted by Gasteiger charge is -2.32. The van der Waals surface area contributed by atoms with Gasteiger partial charge in [0.2, 0.25) is 0 Å². The summed E-state index contributed by atoms with van der Waals surface area (Å²) in [6.07, 6.45) is 1.35. The number of rotatable bonds is 3. The van der Waals surface area contributed by atoms with Crippen LogP contribution in [0, 0.1) is 15.4 Å². The zero-order valence-electron chi connectivity index (χ0n) is 11.9. The number of phenols is 1. The maximum Gasteiger partial charge on any atom is 0.171 e. The summed E-state index contributed by atoms with van der Waals surface area (Å²) in [5.41, 5.74) is 1.25. The summed E-state index contributed by atoms with van der Waals surface area (Å²) < 4.78 is 6.10. The Kier molecular flexibility index (Phi) is 4.95. The van der Waals surface area contributed by atoms with Gasteiger partial charge in [0.1, 0.15) is 6.54 Å². The lowest BCUT2D eigenvalue weighted by molar-refractivity contribution is -0.925. The quantitative estimate of drug-likeness (QED) is 0.793. The van der Waals surface area contributed by atoms with Crippen molar-refractivity contribution < 1.29 is 14.7 Å². The molecule has 0 aliphatic carbocycles. The monoisotopic (exact) mass is 376 g/mol.